The van der Waals surface area contributed by atoms with Gasteiger partial charge in [-0.15, -0.1) is 0 Å². The fourth-order valence-electron chi connectivity index (χ4n) is 4.08. The first-order chi connectivity index (χ1) is 17.2. The van der Waals surface area contributed by atoms with Gasteiger partial charge in [-0.05, 0) is 42.8 Å². The minimum atomic E-state index is -2.97. The molecule has 2 unspecified atom stereocenters. The Hall–Kier alpha value is -3.70. The zero-order valence-electron chi connectivity index (χ0n) is 19.4. The van der Waals surface area contributed by atoms with Gasteiger partial charge in [0.15, 0.2) is 0 Å². The number of aromatic amines is 1. The van der Waals surface area contributed by atoms with Crippen LogP contribution in [-0.4, -0.2) is 50.9 Å². The third kappa shape index (κ3) is 5.74. The highest BCUT2D eigenvalue weighted by Crippen LogP contribution is 2.40. The Morgan fingerprint density at radius 3 is 2.78 bits per heavy atom. The molecule has 36 heavy (non-hydrogen) atoms. The summed E-state index contributed by atoms with van der Waals surface area (Å²) in [7, 11) is 0. The number of aromatic nitrogens is 2. The second kappa shape index (κ2) is 10.5. The second-order valence-electron chi connectivity index (χ2n) is 8.60. The average molecular weight is 502 g/mol. The number of anilines is 1. The number of amides is 1. The van der Waals surface area contributed by atoms with E-state index in [9.17, 15) is 27.9 Å². The molecule has 1 aliphatic rings. The summed E-state index contributed by atoms with van der Waals surface area (Å²) in [6.45, 7) is 1.20. The van der Waals surface area contributed by atoms with E-state index in [4.69, 9.17) is 4.74 Å². The lowest BCUT2D eigenvalue weighted by Gasteiger charge is -2.40. The zero-order valence-corrected chi connectivity index (χ0v) is 19.4. The van der Waals surface area contributed by atoms with Crippen molar-refractivity contribution in [3.8, 4) is 11.5 Å². The van der Waals surface area contributed by atoms with E-state index >= 15 is 0 Å². The summed E-state index contributed by atoms with van der Waals surface area (Å²) < 4.78 is 48.2. The second-order valence-corrected chi connectivity index (χ2v) is 8.60. The molecule has 2 aromatic heterocycles. The number of likely N-dealkylation sites (tertiary alicyclic amines) is 1. The third-order valence-corrected chi connectivity index (χ3v) is 6.21. The van der Waals surface area contributed by atoms with Gasteiger partial charge in [0.1, 0.15) is 23.1 Å². The van der Waals surface area contributed by atoms with Crippen LogP contribution in [0.15, 0.2) is 59.7 Å². The van der Waals surface area contributed by atoms with Crippen LogP contribution in [0, 0.1) is 5.82 Å². The van der Waals surface area contributed by atoms with Crippen LogP contribution in [0.2, 0.25) is 0 Å². The predicted octanol–water partition coefficient (Wildman–Crippen LogP) is 3.65. The number of H-pyrrole nitrogens is 1. The summed E-state index contributed by atoms with van der Waals surface area (Å²) in [4.78, 5) is 32.4. The first-order valence-electron chi connectivity index (χ1n) is 11.3. The Labute approximate surface area is 204 Å². The smallest absolute Gasteiger partial charge is 0.257 e. The molecular weight excluding hydrogens is 477 g/mol. The van der Waals surface area contributed by atoms with Crippen LogP contribution in [0.4, 0.5) is 19.0 Å². The number of alkyl halides is 2. The van der Waals surface area contributed by atoms with Crippen LogP contribution in [0.3, 0.4) is 0 Å². The van der Waals surface area contributed by atoms with Gasteiger partial charge in [-0.1, -0.05) is 6.07 Å². The van der Waals surface area contributed by atoms with Crippen molar-refractivity contribution in [2.24, 2.45) is 0 Å². The van der Waals surface area contributed by atoms with E-state index < -0.39 is 42.6 Å². The van der Waals surface area contributed by atoms with Crippen molar-refractivity contribution in [1.82, 2.24) is 14.9 Å². The molecule has 4 rings (SSSR count). The minimum absolute atomic E-state index is 0.0342. The number of aliphatic hydroxyl groups is 1. The SMILES string of the molecule is CC(C(=O)Nc1ccc(Oc2ccc(F)cc2CO)cn1)N1CCC(F)(F)C(c2ccc(=O)[nH]c2)C1. The molecule has 8 nitrogen and oxygen atoms in total. The van der Waals surface area contributed by atoms with Crippen LogP contribution < -0.4 is 15.6 Å². The zero-order chi connectivity index (χ0) is 25.9. The third-order valence-electron chi connectivity index (χ3n) is 6.21. The van der Waals surface area contributed by atoms with E-state index in [1.807, 2.05) is 0 Å². The van der Waals surface area contributed by atoms with E-state index in [-0.39, 0.29) is 35.8 Å². The van der Waals surface area contributed by atoms with Gasteiger partial charge < -0.3 is 20.1 Å². The monoisotopic (exact) mass is 502 g/mol. The molecule has 0 saturated carbocycles. The normalized spacial score (nSPS) is 18.4. The lowest BCUT2D eigenvalue weighted by molar-refractivity contribution is -0.125. The molecule has 1 saturated heterocycles. The summed E-state index contributed by atoms with van der Waals surface area (Å²) in [6.07, 6.45) is 2.23. The number of benzene rings is 1. The number of nitrogens with zero attached hydrogens (tertiary/aromatic N) is 2. The number of pyridine rings is 2. The van der Waals surface area contributed by atoms with Gasteiger partial charge in [0.05, 0.1) is 24.8 Å². The molecule has 3 heterocycles. The Kier molecular flexibility index (Phi) is 7.41. The molecule has 1 aromatic carbocycles. The molecule has 2 atom stereocenters. The standard InChI is InChI=1S/C25H25F3N4O4/c1-15(32-9-8-25(27,28)20(13-32)16-2-7-23(34)30-11-16)24(35)31-22-6-4-19(12-29-22)36-21-5-3-18(26)10-17(21)14-33/h2-7,10-12,15,20,33H,8-9,13-14H2,1H3,(H,30,34)(H,29,31,35). The molecule has 1 amide bonds. The highest BCUT2D eigenvalue weighted by Gasteiger charge is 2.46. The number of hydrogen-bond donors (Lipinski definition) is 3. The Morgan fingerprint density at radius 1 is 1.31 bits per heavy atom. The number of halogens is 3. The Bertz CT molecular complexity index is 1260. The molecule has 3 aromatic rings. The molecule has 11 heteroatoms. The maximum atomic E-state index is 14.6. The number of carbonyl (C=O) groups excluding carboxylic acids is 1. The van der Waals surface area contributed by atoms with Crippen LogP contribution in [-0.2, 0) is 11.4 Å². The van der Waals surface area contributed by atoms with E-state index in [0.29, 0.717) is 11.3 Å². The van der Waals surface area contributed by atoms with Crippen molar-refractivity contribution in [2.45, 2.75) is 37.8 Å². The number of hydrogen-bond acceptors (Lipinski definition) is 6. The molecule has 0 radical (unpaired) electrons. The molecule has 3 N–H and O–H groups in total. The van der Waals surface area contributed by atoms with Crippen LogP contribution in [0.1, 0.15) is 30.4 Å². The van der Waals surface area contributed by atoms with E-state index in [0.717, 1.165) is 6.07 Å². The van der Waals surface area contributed by atoms with E-state index in [1.165, 1.54) is 42.7 Å². The van der Waals surface area contributed by atoms with Gasteiger partial charge in [0, 0.05) is 37.3 Å². The lowest BCUT2D eigenvalue weighted by Crippen LogP contribution is -2.52. The van der Waals surface area contributed by atoms with E-state index in [2.05, 4.69) is 15.3 Å². The summed E-state index contributed by atoms with van der Waals surface area (Å²) in [5.41, 5.74) is 0.200. The Balaban J connectivity index is 1.39. The number of nitrogens with one attached hydrogen (secondary N) is 2. The molecule has 0 aliphatic carbocycles. The number of rotatable bonds is 7. The lowest BCUT2D eigenvalue weighted by atomic mass is 9.87. The minimum Gasteiger partial charge on any atom is -0.455 e. The molecule has 1 aliphatic heterocycles. The maximum Gasteiger partial charge on any atom is 0.257 e. The molecule has 0 spiro atoms. The predicted molar refractivity (Wildman–Crippen MR) is 126 cm³/mol. The van der Waals surface area contributed by atoms with Crippen molar-refractivity contribution in [2.75, 3.05) is 18.4 Å². The van der Waals surface area contributed by atoms with Crippen molar-refractivity contribution < 1.29 is 27.8 Å². The first kappa shape index (κ1) is 25.4. The van der Waals surface area contributed by atoms with Gasteiger partial charge in [0.25, 0.3) is 5.92 Å². The number of aliphatic hydroxyl groups excluding tert-OH is 1. The quantitative estimate of drug-likeness (QED) is 0.455. The van der Waals surface area contributed by atoms with Gasteiger partial charge in [-0.25, -0.2) is 18.2 Å². The molecule has 190 valence electrons. The summed E-state index contributed by atoms with van der Waals surface area (Å²) in [6, 6.07) is 8.69. The number of ether oxygens (including phenoxy) is 1. The average Bonchev–Trinajstić information content (AvgIpc) is 2.86. The molecular formula is C25H25F3N4O4. The Morgan fingerprint density at radius 2 is 2.11 bits per heavy atom. The fourth-order valence-corrected chi connectivity index (χ4v) is 4.08. The van der Waals surface area contributed by atoms with Crippen LogP contribution in [0.5, 0.6) is 11.5 Å². The van der Waals surface area contributed by atoms with Gasteiger partial charge in [-0.2, -0.15) is 0 Å². The molecule has 1 fully saturated rings. The fraction of sp³-hybridized carbons (Fsp3) is 0.320. The summed E-state index contributed by atoms with van der Waals surface area (Å²) in [5, 5.41) is 12.0. The highest BCUT2D eigenvalue weighted by atomic mass is 19.3. The number of carbonyl (C=O) groups is 1. The van der Waals surface area contributed by atoms with Gasteiger partial charge in [-0.3, -0.25) is 14.5 Å². The van der Waals surface area contributed by atoms with Crippen molar-refractivity contribution >= 4 is 11.7 Å². The van der Waals surface area contributed by atoms with Crippen LogP contribution in [0.25, 0.3) is 0 Å². The van der Waals surface area contributed by atoms with Crippen LogP contribution >= 0.6 is 0 Å². The first-order valence-corrected chi connectivity index (χ1v) is 11.3. The summed E-state index contributed by atoms with van der Waals surface area (Å²) >= 11 is 0. The molecule has 0 bridgehead atoms. The number of piperidine rings is 1. The van der Waals surface area contributed by atoms with Crippen molar-refractivity contribution in [3.63, 3.8) is 0 Å². The van der Waals surface area contributed by atoms with Gasteiger partial charge in [0.2, 0.25) is 11.5 Å². The summed E-state index contributed by atoms with van der Waals surface area (Å²) in [5.74, 6) is -4.23. The van der Waals surface area contributed by atoms with E-state index in [1.54, 1.807) is 17.9 Å². The largest absolute Gasteiger partial charge is 0.455 e. The topological polar surface area (TPSA) is 108 Å². The van der Waals surface area contributed by atoms with Crippen molar-refractivity contribution in [3.05, 3.63) is 82.2 Å². The van der Waals surface area contributed by atoms with Crippen molar-refractivity contribution in [1.29, 1.82) is 0 Å². The van der Waals surface area contributed by atoms with Gasteiger partial charge >= 0.3 is 0 Å². The maximum absolute atomic E-state index is 14.6. The highest BCUT2D eigenvalue weighted by molar-refractivity contribution is 5.93.